The van der Waals surface area contributed by atoms with Gasteiger partial charge in [-0.05, 0) is 38.1 Å². The summed E-state index contributed by atoms with van der Waals surface area (Å²) in [6, 6.07) is 9.66. The van der Waals surface area contributed by atoms with Crippen LogP contribution >= 0.6 is 12.4 Å². The Morgan fingerprint density at radius 3 is 2.48 bits per heavy atom. The highest BCUT2D eigenvalue weighted by molar-refractivity contribution is 5.88. The first-order chi connectivity index (χ1) is 9.75. The second-order valence-corrected chi connectivity index (χ2v) is 5.04. The van der Waals surface area contributed by atoms with Crippen LogP contribution in [-0.2, 0) is 6.54 Å². The number of carbonyl (C=O) groups is 1. The van der Waals surface area contributed by atoms with E-state index < -0.39 is 5.97 Å². The SMILES string of the molecule is Cl.O=C(O)c1cnn(-c2ccccc2)c1CN1CCCC1. The van der Waals surface area contributed by atoms with Gasteiger partial charge in [0.25, 0.3) is 0 Å². The molecule has 1 saturated heterocycles. The number of aromatic carboxylic acids is 1. The lowest BCUT2D eigenvalue weighted by Crippen LogP contribution is -2.22. The van der Waals surface area contributed by atoms with Crippen LogP contribution in [0.2, 0.25) is 0 Å². The number of hydrogen-bond acceptors (Lipinski definition) is 3. The van der Waals surface area contributed by atoms with Crippen molar-refractivity contribution < 1.29 is 9.90 Å². The molecule has 3 rings (SSSR count). The van der Waals surface area contributed by atoms with E-state index in [0.717, 1.165) is 24.5 Å². The molecule has 112 valence electrons. The van der Waals surface area contributed by atoms with Crippen molar-refractivity contribution in [2.45, 2.75) is 19.4 Å². The molecule has 1 aliphatic rings. The Bertz CT molecular complexity index is 607. The third kappa shape index (κ3) is 3.25. The largest absolute Gasteiger partial charge is 0.478 e. The average Bonchev–Trinajstić information content (AvgIpc) is 3.10. The van der Waals surface area contributed by atoms with Gasteiger partial charge < -0.3 is 5.11 Å². The Labute approximate surface area is 129 Å². The van der Waals surface area contributed by atoms with E-state index >= 15 is 0 Å². The molecule has 2 heterocycles. The lowest BCUT2D eigenvalue weighted by Gasteiger charge is -2.16. The number of hydrogen-bond donors (Lipinski definition) is 1. The number of halogens is 1. The quantitative estimate of drug-likeness (QED) is 0.943. The van der Waals surface area contributed by atoms with Crippen molar-refractivity contribution in [1.29, 1.82) is 0 Å². The van der Waals surface area contributed by atoms with E-state index in [0.29, 0.717) is 12.1 Å². The number of rotatable bonds is 4. The second kappa shape index (κ2) is 6.74. The number of nitrogens with zero attached hydrogens (tertiary/aromatic N) is 3. The van der Waals surface area contributed by atoms with Gasteiger partial charge in [-0.2, -0.15) is 5.10 Å². The Morgan fingerprint density at radius 1 is 1.19 bits per heavy atom. The van der Waals surface area contributed by atoms with Crippen LogP contribution in [0.4, 0.5) is 0 Å². The first-order valence-electron chi connectivity index (χ1n) is 6.83. The molecular weight excluding hydrogens is 290 g/mol. The third-order valence-electron chi connectivity index (χ3n) is 3.67. The van der Waals surface area contributed by atoms with Crippen molar-refractivity contribution in [3.63, 3.8) is 0 Å². The Kier molecular flexibility index (Phi) is 4.98. The normalized spacial score (nSPS) is 14.9. The molecule has 1 fully saturated rings. The summed E-state index contributed by atoms with van der Waals surface area (Å²) in [5, 5.41) is 13.6. The second-order valence-electron chi connectivity index (χ2n) is 5.04. The van der Waals surface area contributed by atoms with Crippen LogP contribution < -0.4 is 0 Å². The topological polar surface area (TPSA) is 58.4 Å². The number of benzene rings is 1. The highest BCUT2D eigenvalue weighted by Crippen LogP contribution is 2.19. The molecule has 1 aromatic carbocycles. The molecule has 1 N–H and O–H groups in total. The van der Waals surface area contributed by atoms with Crippen molar-refractivity contribution in [3.8, 4) is 5.69 Å². The third-order valence-corrected chi connectivity index (χ3v) is 3.67. The molecule has 0 unspecified atom stereocenters. The molecule has 21 heavy (non-hydrogen) atoms. The van der Waals surface area contributed by atoms with Crippen molar-refractivity contribution >= 4 is 18.4 Å². The fourth-order valence-corrected chi connectivity index (χ4v) is 2.65. The summed E-state index contributed by atoms with van der Waals surface area (Å²) >= 11 is 0. The van der Waals surface area contributed by atoms with Crippen molar-refractivity contribution in [2.24, 2.45) is 0 Å². The van der Waals surface area contributed by atoms with Gasteiger partial charge >= 0.3 is 5.97 Å². The molecule has 0 radical (unpaired) electrons. The standard InChI is InChI=1S/C15H17N3O2.ClH/c19-15(20)13-10-16-18(12-6-2-1-3-7-12)14(13)11-17-8-4-5-9-17;/h1-3,6-7,10H,4-5,8-9,11H2,(H,19,20);1H. The van der Waals surface area contributed by atoms with Crippen molar-refractivity contribution in [1.82, 2.24) is 14.7 Å². The van der Waals surface area contributed by atoms with E-state index in [9.17, 15) is 9.90 Å². The number of likely N-dealkylation sites (tertiary alicyclic amines) is 1. The number of carboxylic acids is 1. The van der Waals surface area contributed by atoms with Gasteiger partial charge in [0.15, 0.2) is 0 Å². The van der Waals surface area contributed by atoms with Crippen LogP contribution in [0.25, 0.3) is 5.69 Å². The van der Waals surface area contributed by atoms with E-state index in [2.05, 4.69) is 10.00 Å². The molecule has 0 bridgehead atoms. The molecule has 0 aliphatic carbocycles. The molecule has 0 spiro atoms. The number of para-hydroxylation sites is 1. The Hall–Kier alpha value is -1.85. The van der Waals surface area contributed by atoms with Gasteiger partial charge in [-0.15, -0.1) is 12.4 Å². The molecule has 0 saturated carbocycles. The smallest absolute Gasteiger partial charge is 0.339 e. The first-order valence-corrected chi connectivity index (χ1v) is 6.83. The molecule has 5 nitrogen and oxygen atoms in total. The maximum Gasteiger partial charge on any atom is 0.339 e. The highest BCUT2D eigenvalue weighted by Gasteiger charge is 2.21. The predicted molar refractivity (Wildman–Crippen MR) is 82.3 cm³/mol. The van der Waals surface area contributed by atoms with Gasteiger partial charge in [-0.25, -0.2) is 9.48 Å². The summed E-state index contributed by atoms with van der Waals surface area (Å²) in [4.78, 5) is 13.6. The summed E-state index contributed by atoms with van der Waals surface area (Å²) in [5.74, 6) is -0.915. The van der Waals surface area contributed by atoms with E-state index in [1.165, 1.54) is 19.0 Å². The fourth-order valence-electron chi connectivity index (χ4n) is 2.65. The van der Waals surface area contributed by atoms with E-state index in [1.807, 2.05) is 30.3 Å². The first kappa shape index (κ1) is 15.5. The van der Waals surface area contributed by atoms with Crippen LogP contribution in [0.1, 0.15) is 28.9 Å². The highest BCUT2D eigenvalue weighted by atomic mass is 35.5. The Morgan fingerprint density at radius 2 is 1.86 bits per heavy atom. The van der Waals surface area contributed by atoms with Gasteiger partial charge in [-0.3, -0.25) is 4.90 Å². The summed E-state index contributed by atoms with van der Waals surface area (Å²) in [5.41, 5.74) is 1.94. The minimum absolute atomic E-state index is 0. The lowest BCUT2D eigenvalue weighted by atomic mass is 10.2. The summed E-state index contributed by atoms with van der Waals surface area (Å²) in [6.07, 6.45) is 3.81. The molecule has 1 aliphatic heterocycles. The van der Waals surface area contributed by atoms with Crippen LogP contribution in [0.3, 0.4) is 0 Å². The zero-order valence-corrected chi connectivity index (χ0v) is 12.4. The van der Waals surface area contributed by atoms with E-state index in [-0.39, 0.29) is 12.4 Å². The van der Waals surface area contributed by atoms with Gasteiger partial charge in [0.2, 0.25) is 0 Å². The number of carboxylic acid groups (broad SMARTS) is 1. The summed E-state index contributed by atoms with van der Waals surface area (Å²) < 4.78 is 1.74. The minimum atomic E-state index is -0.915. The average molecular weight is 308 g/mol. The lowest BCUT2D eigenvalue weighted by molar-refractivity contribution is 0.0694. The molecule has 1 aromatic heterocycles. The van der Waals surface area contributed by atoms with Crippen LogP contribution in [0.5, 0.6) is 0 Å². The molecule has 6 heteroatoms. The molecule has 0 atom stereocenters. The zero-order valence-electron chi connectivity index (χ0n) is 11.6. The molecule has 0 amide bonds. The van der Waals surface area contributed by atoms with Crippen LogP contribution in [0, 0.1) is 0 Å². The maximum atomic E-state index is 11.4. The van der Waals surface area contributed by atoms with Crippen molar-refractivity contribution in [2.75, 3.05) is 13.1 Å². The summed E-state index contributed by atoms with van der Waals surface area (Å²) in [6.45, 7) is 2.69. The maximum absolute atomic E-state index is 11.4. The molecule has 2 aromatic rings. The van der Waals surface area contributed by atoms with Crippen molar-refractivity contribution in [3.05, 3.63) is 47.8 Å². The van der Waals surface area contributed by atoms with Gasteiger partial charge in [0, 0.05) is 6.54 Å². The zero-order chi connectivity index (χ0) is 13.9. The van der Waals surface area contributed by atoms with Crippen LogP contribution in [-0.4, -0.2) is 38.8 Å². The van der Waals surface area contributed by atoms with Gasteiger partial charge in [-0.1, -0.05) is 18.2 Å². The summed E-state index contributed by atoms with van der Waals surface area (Å²) in [7, 11) is 0. The van der Waals surface area contributed by atoms with E-state index in [4.69, 9.17) is 0 Å². The van der Waals surface area contributed by atoms with Gasteiger partial charge in [0.05, 0.1) is 17.6 Å². The Balaban J connectivity index is 0.00000161. The van der Waals surface area contributed by atoms with E-state index in [1.54, 1.807) is 4.68 Å². The number of aromatic nitrogens is 2. The predicted octanol–water partition coefficient (Wildman–Crippen LogP) is 2.59. The van der Waals surface area contributed by atoms with Gasteiger partial charge in [0.1, 0.15) is 5.56 Å². The van der Waals surface area contributed by atoms with Crippen LogP contribution in [0.15, 0.2) is 36.5 Å². The monoisotopic (exact) mass is 307 g/mol. The fraction of sp³-hybridized carbons (Fsp3) is 0.333. The minimum Gasteiger partial charge on any atom is -0.478 e. The molecular formula is C15H18ClN3O2.